The van der Waals surface area contributed by atoms with Gasteiger partial charge < -0.3 is 34.3 Å². The Bertz CT molecular complexity index is 1660. The van der Waals surface area contributed by atoms with Crippen molar-refractivity contribution < 1.29 is 39.1 Å². The third-order valence-electron chi connectivity index (χ3n) is 15.0. The highest BCUT2D eigenvalue weighted by molar-refractivity contribution is 5.77. The molecule has 0 amide bonds. The van der Waals surface area contributed by atoms with Crippen molar-refractivity contribution in [1.29, 1.82) is 0 Å². The summed E-state index contributed by atoms with van der Waals surface area (Å²) in [6, 6.07) is 13.9. The molecule has 8 heteroatoms. The van der Waals surface area contributed by atoms with Crippen LogP contribution >= 0.6 is 0 Å². The number of aliphatic hydroxyl groups excluding tert-OH is 3. The lowest BCUT2D eigenvalue weighted by Crippen LogP contribution is -2.54. The third-order valence-corrected chi connectivity index (χ3v) is 15.0. The van der Waals surface area contributed by atoms with Crippen molar-refractivity contribution in [3.63, 3.8) is 0 Å². The molecule has 8 nitrogen and oxygen atoms in total. The standard InChI is InChI=1S/C48H72O8/c1-31(2)33-11-15-39-35(25-33)13-17-41-45(39,5)19-9-21-47(41,7)43(51)55-29-37(49)27-53-23-24-54-28-38(50)30-56-44(52)48(8)22-10-20-46(6)40-16-12-34(32(3)4)26-36(40)14-18-42(46)48/h11-12,15-16,25-26,31-32,37-38,41-43,49-51H,9-10,13-14,17-24,27-30H2,1-8H3. The second kappa shape index (κ2) is 17.5. The van der Waals surface area contributed by atoms with Crippen molar-refractivity contribution in [3.8, 4) is 0 Å². The molecule has 0 aliphatic heterocycles. The predicted molar refractivity (Wildman–Crippen MR) is 220 cm³/mol. The summed E-state index contributed by atoms with van der Waals surface area (Å²) in [4.78, 5) is 13.7. The minimum absolute atomic E-state index is 0.0138. The van der Waals surface area contributed by atoms with Crippen LogP contribution < -0.4 is 0 Å². The Morgan fingerprint density at radius 1 is 0.679 bits per heavy atom. The highest BCUT2D eigenvalue weighted by Crippen LogP contribution is 2.59. The number of hydrogen-bond donors (Lipinski definition) is 3. The Labute approximate surface area is 337 Å². The molecule has 0 spiro atoms. The van der Waals surface area contributed by atoms with E-state index < -0.39 is 29.3 Å². The maximum atomic E-state index is 13.7. The Morgan fingerprint density at radius 3 is 1.73 bits per heavy atom. The van der Waals surface area contributed by atoms with Gasteiger partial charge in [0, 0.05) is 5.41 Å². The Balaban J connectivity index is 0.891. The van der Waals surface area contributed by atoms with Crippen LogP contribution in [0.25, 0.3) is 0 Å². The first-order valence-electron chi connectivity index (χ1n) is 21.8. The molecule has 0 radical (unpaired) electrons. The molecule has 3 N–H and O–H groups in total. The lowest BCUT2D eigenvalue weighted by atomic mass is 9.49. The number of hydrogen-bond acceptors (Lipinski definition) is 8. The monoisotopic (exact) mass is 777 g/mol. The van der Waals surface area contributed by atoms with Crippen LogP contribution in [0.3, 0.4) is 0 Å². The largest absolute Gasteiger partial charge is 0.462 e. The van der Waals surface area contributed by atoms with Crippen LogP contribution in [-0.2, 0) is 47.4 Å². The molecule has 2 saturated carbocycles. The summed E-state index contributed by atoms with van der Waals surface area (Å²) < 4.78 is 23.0. The molecule has 4 aliphatic carbocycles. The van der Waals surface area contributed by atoms with Crippen molar-refractivity contribution in [3.05, 3.63) is 69.8 Å². The molecule has 2 aromatic rings. The average Bonchev–Trinajstić information content (AvgIpc) is 3.16. The van der Waals surface area contributed by atoms with E-state index in [0.29, 0.717) is 11.8 Å². The zero-order valence-corrected chi connectivity index (χ0v) is 35.7. The van der Waals surface area contributed by atoms with Crippen LogP contribution in [0.5, 0.6) is 0 Å². The molecule has 0 saturated heterocycles. The summed E-state index contributed by atoms with van der Waals surface area (Å²) in [6.45, 7) is 18.2. The summed E-state index contributed by atoms with van der Waals surface area (Å²) in [5.74, 6) is 1.22. The lowest BCUT2D eigenvalue weighted by Gasteiger charge is -2.56. The van der Waals surface area contributed by atoms with E-state index >= 15 is 0 Å². The van der Waals surface area contributed by atoms with Crippen molar-refractivity contribution in [2.24, 2.45) is 22.7 Å². The minimum atomic E-state index is -0.986. The molecule has 2 fully saturated rings. The van der Waals surface area contributed by atoms with Gasteiger partial charge in [-0.25, -0.2) is 0 Å². The van der Waals surface area contributed by atoms with Gasteiger partial charge in [-0.05, 0) is 126 Å². The number of carbonyl (C=O) groups is 1. The number of aryl methyl sites for hydroxylation is 2. The van der Waals surface area contributed by atoms with Crippen molar-refractivity contribution in [1.82, 2.24) is 0 Å². The maximum Gasteiger partial charge on any atom is 0.312 e. The van der Waals surface area contributed by atoms with Gasteiger partial charge in [0.05, 0.1) is 38.4 Å². The van der Waals surface area contributed by atoms with Gasteiger partial charge in [-0.1, -0.05) is 97.7 Å². The van der Waals surface area contributed by atoms with Crippen LogP contribution in [0.4, 0.5) is 0 Å². The van der Waals surface area contributed by atoms with E-state index in [4.69, 9.17) is 18.9 Å². The van der Waals surface area contributed by atoms with Crippen molar-refractivity contribution in [2.75, 3.05) is 39.6 Å². The quantitative estimate of drug-likeness (QED) is 0.0887. The Kier molecular flexibility index (Phi) is 13.5. The van der Waals surface area contributed by atoms with Gasteiger partial charge in [-0.2, -0.15) is 0 Å². The van der Waals surface area contributed by atoms with E-state index in [2.05, 4.69) is 91.8 Å². The van der Waals surface area contributed by atoms with Crippen LogP contribution in [0.15, 0.2) is 36.4 Å². The Morgan fingerprint density at radius 2 is 1.18 bits per heavy atom. The van der Waals surface area contributed by atoms with E-state index in [0.717, 1.165) is 64.2 Å². The highest BCUT2D eigenvalue weighted by Gasteiger charge is 2.57. The van der Waals surface area contributed by atoms with Gasteiger partial charge >= 0.3 is 5.97 Å². The molecule has 0 heterocycles. The zero-order valence-electron chi connectivity index (χ0n) is 35.7. The molecule has 2 aromatic carbocycles. The summed E-state index contributed by atoms with van der Waals surface area (Å²) >= 11 is 0. The molecule has 0 aromatic heterocycles. The second-order valence-electron chi connectivity index (χ2n) is 19.5. The first kappa shape index (κ1) is 43.3. The van der Waals surface area contributed by atoms with E-state index in [1.807, 2.05) is 0 Å². The molecular weight excluding hydrogens is 705 g/mol. The van der Waals surface area contributed by atoms with Crippen LogP contribution in [0.1, 0.15) is 152 Å². The first-order chi connectivity index (χ1) is 26.5. The second-order valence-corrected chi connectivity index (χ2v) is 19.5. The van der Waals surface area contributed by atoms with Gasteiger partial charge in [-0.3, -0.25) is 4.79 Å². The van der Waals surface area contributed by atoms with Crippen molar-refractivity contribution >= 4 is 5.97 Å². The summed E-state index contributed by atoms with van der Waals surface area (Å²) in [5.41, 5.74) is 7.32. The van der Waals surface area contributed by atoms with Crippen LogP contribution in [0.2, 0.25) is 0 Å². The van der Waals surface area contributed by atoms with Gasteiger partial charge in [0.1, 0.15) is 18.8 Å². The molecular formula is C48H72O8. The predicted octanol–water partition coefficient (Wildman–Crippen LogP) is 8.29. The fraction of sp³-hybridized carbons (Fsp3) is 0.729. The van der Waals surface area contributed by atoms with E-state index in [-0.39, 0.29) is 68.3 Å². The number of aliphatic hydroxyl groups is 3. The zero-order chi connectivity index (χ0) is 40.5. The Hall–Kier alpha value is -2.33. The first-order valence-corrected chi connectivity index (χ1v) is 21.8. The van der Waals surface area contributed by atoms with Crippen molar-refractivity contribution in [2.45, 2.75) is 161 Å². The normalized spacial score (nSPS) is 31.5. The number of fused-ring (bicyclic) bond motifs is 6. The molecule has 4 aliphatic rings. The van der Waals surface area contributed by atoms with Crippen LogP contribution in [-0.4, -0.2) is 79.4 Å². The van der Waals surface area contributed by atoms with Gasteiger partial charge in [0.25, 0.3) is 0 Å². The molecule has 0 bridgehead atoms. The van der Waals surface area contributed by atoms with E-state index in [9.17, 15) is 20.1 Å². The number of rotatable bonds is 16. The molecule has 56 heavy (non-hydrogen) atoms. The number of ether oxygens (including phenoxy) is 4. The molecule has 9 unspecified atom stereocenters. The minimum Gasteiger partial charge on any atom is -0.462 e. The molecule has 9 atom stereocenters. The number of carbonyl (C=O) groups excluding carboxylic acids is 1. The van der Waals surface area contributed by atoms with E-state index in [1.165, 1.54) is 33.4 Å². The van der Waals surface area contributed by atoms with E-state index in [1.54, 1.807) is 0 Å². The SMILES string of the molecule is CC(C)c1ccc2c(c1)CCC1C(C)(C(=O)OCC(O)COCCOCC(O)COC(O)C3(C)CCCC4(C)c5ccc(C(C)C)cc5CCC43)CCCC21C. The topological polar surface area (TPSA) is 115 Å². The number of benzene rings is 2. The highest BCUT2D eigenvalue weighted by atomic mass is 16.6. The van der Waals surface area contributed by atoms with Gasteiger partial charge in [-0.15, -0.1) is 0 Å². The number of esters is 1. The third kappa shape index (κ3) is 8.54. The smallest absolute Gasteiger partial charge is 0.312 e. The fourth-order valence-corrected chi connectivity index (χ4v) is 11.7. The lowest BCUT2D eigenvalue weighted by molar-refractivity contribution is -0.221. The average molecular weight is 777 g/mol. The van der Waals surface area contributed by atoms with Crippen LogP contribution in [0, 0.1) is 22.7 Å². The van der Waals surface area contributed by atoms with Gasteiger partial charge in [0.2, 0.25) is 0 Å². The molecule has 312 valence electrons. The maximum absolute atomic E-state index is 13.7. The fourth-order valence-electron chi connectivity index (χ4n) is 11.7. The van der Waals surface area contributed by atoms with Gasteiger partial charge in [0.15, 0.2) is 6.29 Å². The summed E-state index contributed by atoms with van der Waals surface area (Å²) in [6.07, 6.45) is 6.94. The molecule has 6 rings (SSSR count). The summed E-state index contributed by atoms with van der Waals surface area (Å²) in [7, 11) is 0. The summed E-state index contributed by atoms with van der Waals surface area (Å²) in [5, 5.41) is 32.7.